The second kappa shape index (κ2) is 5.18. The first-order chi connectivity index (χ1) is 7.54. The molecule has 0 atom stereocenters. The van der Waals surface area contributed by atoms with Crippen LogP contribution in [0.25, 0.3) is 0 Å². The van der Waals surface area contributed by atoms with Gasteiger partial charge >= 0.3 is 0 Å². The van der Waals surface area contributed by atoms with Gasteiger partial charge in [0.25, 0.3) is 0 Å². The second-order valence-electron chi connectivity index (χ2n) is 3.12. The monoisotopic (exact) mass is 245 g/mol. The Kier molecular flexibility index (Phi) is 4.14. The van der Waals surface area contributed by atoms with Crippen molar-refractivity contribution < 1.29 is 17.9 Å². The molecular formula is C10H15NO4S. The number of rotatable bonds is 5. The zero-order valence-electron chi connectivity index (χ0n) is 9.48. The van der Waals surface area contributed by atoms with Crippen LogP contribution in [0, 0.1) is 0 Å². The van der Waals surface area contributed by atoms with Crippen LogP contribution in [0.2, 0.25) is 0 Å². The molecule has 90 valence electrons. The minimum absolute atomic E-state index is 0.135. The number of hydrogen-bond acceptors (Lipinski definition) is 4. The first-order valence-corrected chi connectivity index (χ1v) is 6.30. The SMILES string of the molecule is CNS(=O)(=O)Cc1cccc(OC)c1OC. The molecule has 0 aliphatic heterocycles. The van der Waals surface area contributed by atoms with Crippen LogP contribution in [-0.4, -0.2) is 29.7 Å². The molecule has 1 rings (SSSR count). The molecule has 1 N–H and O–H groups in total. The molecule has 1 aromatic rings. The van der Waals surface area contributed by atoms with E-state index in [1.165, 1.54) is 21.3 Å². The van der Waals surface area contributed by atoms with E-state index in [4.69, 9.17) is 9.47 Å². The van der Waals surface area contributed by atoms with Crippen molar-refractivity contribution in [3.05, 3.63) is 23.8 Å². The highest BCUT2D eigenvalue weighted by atomic mass is 32.2. The third-order valence-corrected chi connectivity index (χ3v) is 3.45. The van der Waals surface area contributed by atoms with Gasteiger partial charge in [0.05, 0.1) is 20.0 Å². The maximum Gasteiger partial charge on any atom is 0.215 e. The second-order valence-corrected chi connectivity index (χ2v) is 5.04. The van der Waals surface area contributed by atoms with Crippen LogP contribution < -0.4 is 14.2 Å². The van der Waals surface area contributed by atoms with E-state index >= 15 is 0 Å². The molecular weight excluding hydrogens is 230 g/mol. The molecule has 0 heterocycles. The molecule has 0 aliphatic carbocycles. The lowest BCUT2D eigenvalue weighted by atomic mass is 10.2. The normalized spacial score (nSPS) is 11.2. The molecule has 0 radical (unpaired) electrons. The standard InChI is InChI=1S/C10H15NO4S/c1-11-16(12,13)7-8-5-4-6-9(14-2)10(8)15-3/h4-6,11H,7H2,1-3H3. The number of para-hydroxylation sites is 1. The van der Waals surface area contributed by atoms with Crippen molar-refractivity contribution in [2.24, 2.45) is 0 Å². The van der Waals surface area contributed by atoms with E-state index < -0.39 is 10.0 Å². The summed E-state index contributed by atoms with van der Waals surface area (Å²) in [6.07, 6.45) is 0. The summed E-state index contributed by atoms with van der Waals surface area (Å²) in [7, 11) is 1.05. The summed E-state index contributed by atoms with van der Waals surface area (Å²) in [5.41, 5.74) is 0.566. The number of methoxy groups -OCH3 is 2. The van der Waals surface area contributed by atoms with Crippen molar-refractivity contribution in [1.82, 2.24) is 4.72 Å². The predicted molar refractivity (Wildman–Crippen MR) is 61.2 cm³/mol. The van der Waals surface area contributed by atoms with Gasteiger partial charge in [-0.15, -0.1) is 0 Å². The molecule has 16 heavy (non-hydrogen) atoms. The Morgan fingerprint density at radius 3 is 2.44 bits per heavy atom. The van der Waals surface area contributed by atoms with Gasteiger partial charge in [0.2, 0.25) is 10.0 Å². The predicted octanol–water partition coefficient (Wildman–Crippen LogP) is 0.753. The average Bonchev–Trinajstić information content (AvgIpc) is 2.28. The molecule has 0 bridgehead atoms. The summed E-state index contributed by atoms with van der Waals surface area (Å²) in [4.78, 5) is 0. The summed E-state index contributed by atoms with van der Waals surface area (Å²) in [6.45, 7) is 0. The van der Waals surface area contributed by atoms with Gasteiger partial charge < -0.3 is 9.47 Å². The van der Waals surface area contributed by atoms with Crippen molar-refractivity contribution in [1.29, 1.82) is 0 Å². The highest BCUT2D eigenvalue weighted by molar-refractivity contribution is 7.88. The van der Waals surface area contributed by atoms with E-state index in [0.717, 1.165) is 0 Å². The topological polar surface area (TPSA) is 64.6 Å². The van der Waals surface area contributed by atoms with Crippen LogP contribution in [-0.2, 0) is 15.8 Å². The first-order valence-electron chi connectivity index (χ1n) is 4.65. The van der Waals surface area contributed by atoms with Crippen molar-refractivity contribution in [3.63, 3.8) is 0 Å². The Bertz CT molecular complexity index is 456. The van der Waals surface area contributed by atoms with Gasteiger partial charge in [0.15, 0.2) is 11.5 Å². The average molecular weight is 245 g/mol. The van der Waals surface area contributed by atoms with Crippen molar-refractivity contribution in [2.75, 3.05) is 21.3 Å². The summed E-state index contributed by atoms with van der Waals surface area (Å²) >= 11 is 0. The van der Waals surface area contributed by atoms with Gasteiger partial charge in [0.1, 0.15) is 0 Å². The molecule has 0 fully saturated rings. The fraction of sp³-hybridized carbons (Fsp3) is 0.400. The molecule has 0 saturated carbocycles. The third-order valence-electron chi connectivity index (χ3n) is 2.14. The number of ether oxygens (including phenoxy) is 2. The quantitative estimate of drug-likeness (QED) is 0.831. The molecule has 0 saturated heterocycles. The van der Waals surface area contributed by atoms with Crippen molar-refractivity contribution in [3.8, 4) is 11.5 Å². The van der Waals surface area contributed by atoms with Gasteiger partial charge in [0, 0.05) is 5.56 Å². The first kappa shape index (κ1) is 12.8. The van der Waals surface area contributed by atoms with Gasteiger partial charge in [-0.25, -0.2) is 13.1 Å². The largest absolute Gasteiger partial charge is 0.493 e. The number of nitrogens with one attached hydrogen (secondary N) is 1. The van der Waals surface area contributed by atoms with Crippen molar-refractivity contribution >= 4 is 10.0 Å². The van der Waals surface area contributed by atoms with Crippen LogP contribution in [0.15, 0.2) is 18.2 Å². The van der Waals surface area contributed by atoms with E-state index in [1.807, 2.05) is 0 Å². The summed E-state index contributed by atoms with van der Waals surface area (Å²) in [6, 6.07) is 5.13. The lowest BCUT2D eigenvalue weighted by Crippen LogP contribution is -2.20. The van der Waals surface area contributed by atoms with E-state index in [1.54, 1.807) is 18.2 Å². The molecule has 0 aliphatic rings. The smallest absolute Gasteiger partial charge is 0.215 e. The molecule has 1 aromatic carbocycles. The number of benzene rings is 1. The zero-order chi connectivity index (χ0) is 12.2. The van der Waals surface area contributed by atoms with Gasteiger partial charge in [-0.05, 0) is 13.1 Å². The van der Waals surface area contributed by atoms with E-state index in [-0.39, 0.29) is 5.75 Å². The summed E-state index contributed by atoms with van der Waals surface area (Å²) in [5, 5.41) is 0. The Hall–Kier alpha value is -1.27. The minimum atomic E-state index is -3.32. The third kappa shape index (κ3) is 2.86. The molecule has 0 spiro atoms. The molecule has 0 amide bonds. The van der Waals surface area contributed by atoms with Crippen LogP contribution >= 0.6 is 0 Å². The number of hydrogen-bond donors (Lipinski definition) is 1. The van der Waals surface area contributed by atoms with E-state index in [2.05, 4.69) is 4.72 Å². The Balaban J connectivity index is 3.14. The highest BCUT2D eigenvalue weighted by Crippen LogP contribution is 2.31. The Labute approximate surface area is 95.4 Å². The van der Waals surface area contributed by atoms with Crippen molar-refractivity contribution in [2.45, 2.75) is 5.75 Å². The summed E-state index contributed by atoms with van der Waals surface area (Å²) in [5.74, 6) is 0.833. The Morgan fingerprint density at radius 2 is 1.94 bits per heavy atom. The molecule has 0 aromatic heterocycles. The maximum absolute atomic E-state index is 11.4. The van der Waals surface area contributed by atoms with Gasteiger partial charge in [-0.2, -0.15) is 0 Å². The van der Waals surface area contributed by atoms with E-state index in [9.17, 15) is 8.42 Å². The minimum Gasteiger partial charge on any atom is -0.493 e. The Morgan fingerprint density at radius 1 is 1.25 bits per heavy atom. The van der Waals surface area contributed by atoms with Crippen LogP contribution in [0.1, 0.15) is 5.56 Å². The van der Waals surface area contributed by atoms with Gasteiger partial charge in [-0.3, -0.25) is 0 Å². The molecule has 6 heteroatoms. The lowest BCUT2D eigenvalue weighted by molar-refractivity contribution is 0.352. The van der Waals surface area contributed by atoms with Gasteiger partial charge in [-0.1, -0.05) is 12.1 Å². The lowest BCUT2D eigenvalue weighted by Gasteiger charge is -2.12. The summed E-state index contributed by atoms with van der Waals surface area (Å²) < 4.78 is 35.3. The maximum atomic E-state index is 11.4. The fourth-order valence-electron chi connectivity index (χ4n) is 1.34. The molecule has 5 nitrogen and oxygen atoms in total. The zero-order valence-corrected chi connectivity index (χ0v) is 10.3. The van der Waals surface area contributed by atoms with Crippen LogP contribution in [0.5, 0.6) is 11.5 Å². The molecule has 0 unspecified atom stereocenters. The van der Waals surface area contributed by atoms with E-state index in [0.29, 0.717) is 17.1 Å². The fourth-order valence-corrected chi connectivity index (χ4v) is 2.13. The van der Waals surface area contributed by atoms with Crippen LogP contribution in [0.3, 0.4) is 0 Å². The highest BCUT2D eigenvalue weighted by Gasteiger charge is 2.15. The van der Waals surface area contributed by atoms with Crippen LogP contribution in [0.4, 0.5) is 0 Å². The number of sulfonamides is 1.